The van der Waals surface area contributed by atoms with Gasteiger partial charge in [-0.25, -0.2) is 0 Å². The smallest absolute Gasteiger partial charge is 0.243 e. The van der Waals surface area contributed by atoms with Crippen molar-refractivity contribution in [3.05, 3.63) is 35.9 Å². The molecule has 0 bridgehead atoms. The molecule has 0 unspecified atom stereocenters. The van der Waals surface area contributed by atoms with Gasteiger partial charge in [0.1, 0.15) is 5.75 Å². The standard InChI is InChI=1S/C19H28N2O3/c1-23-16-24-18-9-6-17(7-10-18)8-11-19(22)20-12-2-3-13-21-14-4-5-15-21/h6-11H,2-5,12-16H2,1H3,(H,20,22)/b11-8+. The Kier molecular flexibility index (Phi) is 8.35. The van der Waals surface area contributed by atoms with Crippen molar-refractivity contribution in [2.75, 3.05) is 40.1 Å². The Labute approximate surface area is 144 Å². The van der Waals surface area contributed by atoms with Crippen LogP contribution in [-0.2, 0) is 9.53 Å². The van der Waals surface area contributed by atoms with Gasteiger partial charge in [-0.1, -0.05) is 12.1 Å². The van der Waals surface area contributed by atoms with Crippen LogP contribution < -0.4 is 10.1 Å². The van der Waals surface area contributed by atoms with E-state index >= 15 is 0 Å². The first-order valence-electron chi connectivity index (χ1n) is 8.68. The molecule has 0 spiro atoms. The highest BCUT2D eigenvalue weighted by Crippen LogP contribution is 2.13. The molecule has 132 valence electrons. The van der Waals surface area contributed by atoms with Crippen molar-refractivity contribution < 1.29 is 14.3 Å². The summed E-state index contributed by atoms with van der Waals surface area (Å²) in [7, 11) is 1.59. The van der Waals surface area contributed by atoms with Gasteiger partial charge >= 0.3 is 0 Å². The zero-order chi connectivity index (χ0) is 17.0. The van der Waals surface area contributed by atoms with Gasteiger partial charge < -0.3 is 19.7 Å². The monoisotopic (exact) mass is 332 g/mol. The van der Waals surface area contributed by atoms with Gasteiger partial charge in [0.15, 0.2) is 6.79 Å². The summed E-state index contributed by atoms with van der Waals surface area (Å²) in [4.78, 5) is 14.3. The number of ether oxygens (including phenoxy) is 2. The predicted octanol–water partition coefficient (Wildman–Crippen LogP) is 2.67. The molecule has 2 rings (SSSR count). The number of carbonyl (C=O) groups excluding carboxylic acids is 1. The van der Waals surface area contributed by atoms with Gasteiger partial charge in [-0.15, -0.1) is 0 Å². The van der Waals surface area contributed by atoms with Crippen LogP contribution in [0.15, 0.2) is 30.3 Å². The van der Waals surface area contributed by atoms with Crippen LogP contribution in [0.4, 0.5) is 0 Å². The van der Waals surface area contributed by atoms with Gasteiger partial charge in [0.05, 0.1) is 0 Å². The minimum atomic E-state index is -0.0455. The van der Waals surface area contributed by atoms with Crippen molar-refractivity contribution in [2.24, 2.45) is 0 Å². The Balaban J connectivity index is 1.59. The zero-order valence-corrected chi connectivity index (χ0v) is 14.5. The molecule has 1 aliphatic heterocycles. The number of carbonyl (C=O) groups is 1. The second-order valence-corrected chi connectivity index (χ2v) is 6.00. The molecule has 1 aromatic rings. The average Bonchev–Trinajstić information content (AvgIpc) is 3.12. The van der Waals surface area contributed by atoms with Gasteiger partial charge in [0.25, 0.3) is 0 Å². The molecule has 0 atom stereocenters. The van der Waals surface area contributed by atoms with Crippen LogP contribution in [0.2, 0.25) is 0 Å². The lowest BCUT2D eigenvalue weighted by molar-refractivity contribution is -0.116. The molecule has 1 heterocycles. The summed E-state index contributed by atoms with van der Waals surface area (Å²) >= 11 is 0. The summed E-state index contributed by atoms with van der Waals surface area (Å²) < 4.78 is 10.2. The van der Waals surface area contributed by atoms with Crippen LogP contribution in [0.1, 0.15) is 31.2 Å². The Bertz CT molecular complexity index is 508. The van der Waals surface area contributed by atoms with E-state index in [1.54, 1.807) is 19.3 Å². The maximum Gasteiger partial charge on any atom is 0.243 e. The number of nitrogens with zero attached hydrogens (tertiary/aromatic N) is 1. The van der Waals surface area contributed by atoms with Gasteiger partial charge in [0, 0.05) is 19.7 Å². The van der Waals surface area contributed by atoms with Crippen molar-refractivity contribution in [3.63, 3.8) is 0 Å². The van der Waals surface area contributed by atoms with Crippen LogP contribution in [0.5, 0.6) is 5.75 Å². The molecule has 1 N–H and O–H groups in total. The van der Waals surface area contributed by atoms with Crippen LogP contribution in [0.3, 0.4) is 0 Å². The normalized spacial score (nSPS) is 15.0. The Morgan fingerprint density at radius 2 is 1.96 bits per heavy atom. The Morgan fingerprint density at radius 3 is 2.67 bits per heavy atom. The number of hydrogen-bond donors (Lipinski definition) is 1. The maximum absolute atomic E-state index is 11.8. The first-order valence-corrected chi connectivity index (χ1v) is 8.68. The third-order valence-corrected chi connectivity index (χ3v) is 4.05. The number of unbranched alkanes of at least 4 members (excludes halogenated alkanes) is 1. The lowest BCUT2D eigenvalue weighted by Gasteiger charge is -2.13. The van der Waals surface area contributed by atoms with E-state index in [1.807, 2.05) is 24.3 Å². The third kappa shape index (κ3) is 7.15. The SMILES string of the molecule is COCOc1ccc(/C=C/C(=O)NCCCCN2CCCC2)cc1. The first kappa shape index (κ1) is 18.5. The molecule has 1 aliphatic rings. The van der Waals surface area contributed by atoms with Crippen molar-refractivity contribution >= 4 is 12.0 Å². The third-order valence-electron chi connectivity index (χ3n) is 4.05. The number of rotatable bonds is 10. The van der Waals surface area contributed by atoms with E-state index in [0.717, 1.165) is 37.2 Å². The fourth-order valence-electron chi connectivity index (χ4n) is 2.71. The van der Waals surface area contributed by atoms with E-state index in [1.165, 1.54) is 25.9 Å². The van der Waals surface area contributed by atoms with Gasteiger partial charge in [-0.2, -0.15) is 0 Å². The number of hydrogen-bond acceptors (Lipinski definition) is 4. The first-order chi connectivity index (χ1) is 11.8. The minimum absolute atomic E-state index is 0.0455. The van der Waals surface area contributed by atoms with E-state index < -0.39 is 0 Å². The number of methoxy groups -OCH3 is 1. The van der Waals surface area contributed by atoms with E-state index in [-0.39, 0.29) is 12.7 Å². The lowest BCUT2D eigenvalue weighted by Crippen LogP contribution is -2.24. The number of amides is 1. The summed E-state index contributed by atoms with van der Waals surface area (Å²) in [6.07, 6.45) is 8.22. The fourth-order valence-corrected chi connectivity index (χ4v) is 2.71. The maximum atomic E-state index is 11.8. The van der Waals surface area contributed by atoms with Gasteiger partial charge in [-0.3, -0.25) is 4.79 Å². The molecule has 0 radical (unpaired) electrons. The highest BCUT2D eigenvalue weighted by Gasteiger charge is 2.09. The summed E-state index contributed by atoms with van der Waals surface area (Å²) in [6, 6.07) is 7.53. The summed E-state index contributed by atoms with van der Waals surface area (Å²) in [5.74, 6) is 0.701. The molecule has 1 amide bonds. The van der Waals surface area contributed by atoms with Gasteiger partial charge in [-0.05, 0) is 69.1 Å². The fraction of sp³-hybridized carbons (Fsp3) is 0.526. The second kappa shape index (κ2) is 10.8. The van der Waals surface area contributed by atoms with Crippen molar-refractivity contribution in [2.45, 2.75) is 25.7 Å². The molecular formula is C19H28N2O3. The highest BCUT2D eigenvalue weighted by atomic mass is 16.7. The highest BCUT2D eigenvalue weighted by molar-refractivity contribution is 5.91. The number of nitrogens with one attached hydrogen (secondary N) is 1. The van der Waals surface area contributed by atoms with Crippen LogP contribution in [-0.4, -0.2) is 50.9 Å². The molecule has 0 saturated carbocycles. The van der Waals surface area contributed by atoms with Crippen molar-refractivity contribution in [1.82, 2.24) is 10.2 Å². The predicted molar refractivity (Wildman–Crippen MR) is 95.9 cm³/mol. The molecule has 5 heteroatoms. The van der Waals surface area contributed by atoms with Crippen LogP contribution in [0.25, 0.3) is 6.08 Å². The number of likely N-dealkylation sites (tertiary alicyclic amines) is 1. The average molecular weight is 332 g/mol. The largest absolute Gasteiger partial charge is 0.468 e. The Hall–Kier alpha value is -1.85. The van der Waals surface area contributed by atoms with E-state index in [2.05, 4.69) is 10.2 Å². The van der Waals surface area contributed by atoms with E-state index in [0.29, 0.717) is 0 Å². The molecule has 1 fully saturated rings. The lowest BCUT2D eigenvalue weighted by atomic mass is 10.2. The van der Waals surface area contributed by atoms with E-state index in [4.69, 9.17) is 9.47 Å². The zero-order valence-electron chi connectivity index (χ0n) is 14.5. The molecule has 1 saturated heterocycles. The molecule has 24 heavy (non-hydrogen) atoms. The Morgan fingerprint density at radius 1 is 1.21 bits per heavy atom. The summed E-state index contributed by atoms with van der Waals surface area (Å²) in [5, 5.41) is 2.93. The molecule has 5 nitrogen and oxygen atoms in total. The number of benzene rings is 1. The topological polar surface area (TPSA) is 50.8 Å². The summed E-state index contributed by atoms with van der Waals surface area (Å²) in [6.45, 7) is 4.61. The van der Waals surface area contributed by atoms with Gasteiger partial charge in [0.2, 0.25) is 5.91 Å². The van der Waals surface area contributed by atoms with Crippen LogP contribution >= 0.6 is 0 Å². The van der Waals surface area contributed by atoms with Crippen LogP contribution in [0, 0.1) is 0 Å². The molecule has 0 aliphatic carbocycles. The van der Waals surface area contributed by atoms with E-state index in [9.17, 15) is 4.79 Å². The van der Waals surface area contributed by atoms with Crippen molar-refractivity contribution in [3.8, 4) is 5.75 Å². The second-order valence-electron chi connectivity index (χ2n) is 6.00. The molecule has 0 aromatic heterocycles. The molecule has 1 aromatic carbocycles. The molecular weight excluding hydrogens is 304 g/mol. The van der Waals surface area contributed by atoms with Crippen molar-refractivity contribution in [1.29, 1.82) is 0 Å². The minimum Gasteiger partial charge on any atom is -0.468 e. The quantitative estimate of drug-likeness (QED) is 0.407. The summed E-state index contributed by atoms with van der Waals surface area (Å²) in [5.41, 5.74) is 0.962.